The summed E-state index contributed by atoms with van der Waals surface area (Å²) in [6, 6.07) is 10.5. The topological polar surface area (TPSA) is 101 Å². The maximum Gasteiger partial charge on any atom is 0.328 e. The average Bonchev–Trinajstić information content (AvgIpc) is 3.10. The maximum atomic E-state index is 12.4. The van der Waals surface area contributed by atoms with E-state index in [4.69, 9.17) is 0 Å². The van der Waals surface area contributed by atoms with Crippen LogP contribution in [0.2, 0.25) is 0 Å². The molecule has 0 aliphatic rings. The van der Waals surface area contributed by atoms with Crippen molar-refractivity contribution < 1.29 is 4.79 Å². The van der Waals surface area contributed by atoms with Gasteiger partial charge in [-0.3, -0.25) is 14.2 Å². The predicted molar refractivity (Wildman–Crippen MR) is 106 cm³/mol. The molecule has 8 heteroatoms. The first-order valence-electron chi connectivity index (χ1n) is 9.04. The molecular weight excluding hydrogens is 358 g/mol. The lowest BCUT2D eigenvalue weighted by molar-refractivity contribution is 0.0954. The number of benzene rings is 1. The van der Waals surface area contributed by atoms with Gasteiger partial charge in [0.1, 0.15) is 5.65 Å². The number of imidazole rings is 1. The molecule has 142 valence electrons. The van der Waals surface area contributed by atoms with Crippen molar-refractivity contribution in [3.05, 3.63) is 80.9 Å². The molecule has 0 radical (unpaired) electrons. The number of nitrogens with one attached hydrogen (secondary N) is 2. The number of H-pyrrole nitrogens is 1. The van der Waals surface area contributed by atoms with Gasteiger partial charge in [-0.15, -0.1) is 0 Å². The number of aromatic nitrogens is 4. The molecular formula is C20H19N5O3. The van der Waals surface area contributed by atoms with E-state index in [-0.39, 0.29) is 18.0 Å². The summed E-state index contributed by atoms with van der Waals surface area (Å²) in [4.78, 5) is 43.8. The van der Waals surface area contributed by atoms with Crippen LogP contribution in [0.15, 0.2) is 58.4 Å². The Hall–Kier alpha value is -3.68. The summed E-state index contributed by atoms with van der Waals surface area (Å²) in [6.45, 7) is 2.44. The van der Waals surface area contributed by atoms with Gasteiger partial charge < -0.3 is 14.7 Å². The number of aromatic amines is 1. The van der Waals surface area contributed by atoms with Crippen molar-refractivity contribution >= 4 is 22.5 Å². The van der Waals surface area contributed by atoms with Crippen LogP contribution in [0, 0.1) is 0 Å². The molecule has 3 heterocycles. The summed E-state index contributed by atoms with van der Waals surface area (Å²) in [5, 5.41) is 3.22. The van der Waals surface area contributed by atoms with Crippen molar-refractivity contribution in [3.63, 3.8) is 0 Å². The highest BCUT2D eigenvalue weighted by atomic mass is 16.2. The van der Waals surface area contributed by atoms with E-state index in [1.54, 1.807) is 19.1 Å². The van der Waals surface area contributed by atoms with Gasteiger partial charge in [-0.05, 0) is 37.3 Å². The van der Waals surface area contributed by atoms with Crippen molar-refractivity contribution in [2.75, 3.05) is 6.54 Å². The summed E-state index contributed by atoms with van der Waals surface area (Å²) < 4.78 is 3.05. The zero-order valence-corrected chi connectivity index (χ0v) is 15.3. The van der Waals surface area contributed by atoms with Gasteiger partial charge >= 0.3 is 5.69 Å². The third-order valence-corrected chi connectivity index (χ3v) is 4.64. The van der Waals surface area contributed by atoms with Crippen LogP contribution in [0.4, 0.5) is 0 Å². The fourth-order valence-corrected chi connectivity index (χ4v) is 3.20. The van der Waals surface area contributed by atoms with Gasteiger partial charge in [0.15, 0.2) is 0 Å². The van der Waals surface area contributed by atoms with Gasteiger partial charge in [0.2, 0.25) is 0 Å². The summed E-state index contributed by atoms with van der Waals surface area (Å²) in [5.41, 5.74) is 1.64. The Labute approximate surface area is 159 Å². The lowest BCUT2D eigenvalue weighted by atomic mass is 10.1. The van der Waals surface area contributed by atoms with Gasteiger partial charge in [0.05, 0.1) is 16.6 Å². The summed E-state index contributed by atoms with van der Waals surface area (Å²) in [5.74, 6) is -0.272. The Balaban J connectivity index is 1.49. The van der Waals surface area contributed by atoms with E-state index in [1.165, 1.54) is 6.07 Å². The van der Waals surface area contributed by atoms with E-state index in [9.17, 15) is 14.4 Å². The van der Waals surface area contributed by atoms with Gasteiger partial charge in [-0.2, -0.15) is 0 Å². The lowest BCUT2D eigenvalue weighted by Crippen LogP contribution is -2.34. The average molecular weight is 377 g/mol. The fraction of sp³-hybridized carbons (Fsp3) is 0.200. The maximum absolute atomic E-state index is 12.4. The second kappa shape index (κ2) is 7.15. The molecule has 0 spiro atoms. The number of carbonyl (C=O) groups excluding carboxylic acids is 1. The molecule has 2 N–H and O–H groups in total. The molecule has 0 atom stereocenters. The molecule has 0 fully saturated rings. The highest BCUT2D eigenvalue weighted by Gasteiger charge is 2.11. The van der Waals surface area contributed by atoms with E-state index < -0.39 is 5.69 Å². The van der Waals surface area contributed by atoms with Gasteiger partial charge in [0.25, 0.3) is 11.5 Å². The SMILES string of the molecule is CCn1c(=O)[nH]c2cc(C(=O)NCCc3cn4ccccc4n3)ccc2c1=O. The molecule has 1 amide bonds. The zero-order chi connectivity index (χ0) is 19.7. The molecule has 0 unspecified atom stereocenters. The number of nitrogens with zero attached hydrogens (tertiary/aromatic N) is 3. The third kappa shape index (κ3) is 3.20. The van der Waals surface area contributed by atoms with Crippen molar-refractivity contribution in [1.82, 2.24) is 24.3 Å². The third-order valence-electron chi connectivity index (χ3n) is 4.64. The van der Waals surface area contributed by atoms with Gasteiger partial charge in [-0.25, -0.2) is 9.78 Å². The minimum Gasteiger partial charge on any atom is -0.352 e. The molecule has 1 aromatic carbocycles. The smallest absolute Gasteiger partial charge is 0.328 e. The Morgan fingerprint density at radius 3 is 2.86 bits per heavy atom. The number of rotatable bonds is 5. The van der Waals surface area contributed by atoms with E-state index in [0.29, 0.717) is 29.4 Å². The number of hydrogen-bond acceptors (Lipinski definition) is 4. The monoisotopic (exact) mass is 377 g/mol. The molecule has 28 heavy (non-hydrogen) atoms. The molecule has 0 saturated carbocycles. The number of fused-ring (bicyclic) bond motifs is 2. The quantitative estimate of drug-likeness (QED) is 0.548. The Kier molecular flexibility index (Phi) is 4.52. The Morgan fingerprint density at radius 2 is 2.07 bits per heavy atom. The zero-order valence-electron chi connectivity index (χ0n) is 15.3. The summed E-state index contributed by atoms with van der Waals surface area (Å²) >= 11 is 0. The predicted octanol–water partition coefficient (Wildman–Crippen LogP) is 1.33. The molecule has 3 aromatic heterocycles. The molecule has 0 aliphatic carbocycles. The first-order valence-corrected chi connectivity index (χ1v) is 9.04. The highest BCUT2D eigenvalue weighted by molar-refractivity contribution is 5.97. The molecule has 4 aromatic rings. The number of pyridine rings is 1. The highest BCUT2D eigenvalue weighted by Crippen LogP contribution is 2.09. The van der Waals surface area contributed by atoms with Crippen LogP contribution in [-0.4, -0.2) is 31.4 Å². The van der Waals surface area contributed by atoms with Gasteiger partial charge in [-0.1, -0.05) is 6.07 Å². The largest absolute Gasteiger partial charge is 0.352 e. The molecule has 0 saturated heterocycles. The van der Waals surface area contributed by atoms with E-state index in [2.05, 4.69) is 15.3 Å². The Bertz CT molecular complexity index is 1270. The van der Waals surface area contributed by atoms with E-state index in [1.807, 2.05) is 35.0 Å². The van der Waals surface area contributed by atoms with Crippen molar-refractivity contribution in [2.24, 2.45) is 0 Å². The Morgan fingerprint density at radius 1 is 1.21 bits per heavy atom. The van der Waals surface area contributed by atoms with Crippen LogP contribution >= 0.6 is 0 Å². The second-order valence-electron chi connectivity index (χ2n) is 6.44. The van der Waals surface area contributed by atoms with E-state index >= 15 is 0 Å². The normalized spacial score (nSPS) is 11.2. The van der Waals surface area contributed by atoms with Crippen LogP contribution in [0.3, 0.4) is 0 Å². The van der Waals surface area contributed by atoms with E-state index in [0.717, 1.165) is 15.9 Å². The molecule has 8 nitrogen and oxygen atoms in total. The van der Waals surface area contributed by atoms with Crippen molar-refractivity contribution in [1.29, 1.82) is 0 Å². The standard InChI is InChI=1S/C20H19N5O3/c1-2-25-19(27)15-7-6-13(11-16(15)23-20(25)28)18(26)21-9-8-14-12-24-10-4-3-5-17(24)22-14/h3-7,10-12H,2,8-9H2,1H3,(H,21,26)(H,23,28). The first kappa shape index (κ1) is 17.7. The fourth-order valence-electron chi connectivity index (χ4n) is 3.20. The van der Waals surface area contributed by atoms with Crippen molar-refractivity contribution in [2.45, 2.75) is 19.9 Å². The van der Waals surface area contributed by atoms with Crippen LogP contribution in [0.25, 0.3) is 16.6 Å². The summed E-state index contributed by atoms with van der Waals surface area (Å²) in [6.07, 6.45) is 4.45. The van der Waals surface area contributed by atoms with Crippen LogP contribution in [0.1, 0.15) is 23.0 Å². The van der Waals surface area contributed by atoms with Crippen LogP contribution in [-0.2, 0) is 13.0 Å². The minimum atomic E-state index is -0.482. The number of carbonyl (C=O) groups is 1. The molecule has 0 aliphatic heterocycles. The van der Waals surface area contributed by atoms with Crippen molar-refractivity contribution in [3.8, 4) is 0 Å². The molecule has 0 bridgehead atoms. The van der Waals surface area contributed by atoms with Crippen LogP contribution in [0.5, 0.6) is 0 Å². The molecule has 4 rings (SSSR count). The summed E-state index contributed by atoms with van der Waals surface area (Å²) in [7, 11) is 0. The van der Waals surface area contributed by atoms with Gasteiger partial charge in [0, 0.05) is 37.5 Å². The second-order valence-corrected chi connectivity index (χ2v) is 6.44. The minimum absolute atomic E-state index is 0.272. The number of amides is 1. The van der Waals surface area contributed by atoms with Crippen LogP contribution < -0.4 is 16.6 Å². The first-order chi connectivity index (χ1) is 13.6. The lowest BCUT2D eigenvalue weighted by Gasteiger charge is -2.07. The number of hydrogen-bond donors (Lipinski definition) is 2.